The number of ether oxygens (including phenoxy) is 1. The van der Waals surface area contributed by atoms with Crippen LogP contribution in [0.4, 0.5) is 32.0 Å². The van der Waals surface area contributed by atoms with E-state index in [0.29, 0.717) is 5.56 Å². The third kappa shape index (κ3) is 5.68. The van der Waals surface area contributed by atoms with Gasteiger partial charge in [-0.25, -0.2) is 4.90 Å². The average Bonchev–Trinajstić information content (AvgIpc) is 3.15. The lowest BCUT2D eigenvalue weighted by molar-refractivity contribution is -0.142. The van der Waals surface area contributed by atoms with E-state index < -0.39 is 82.4 Å². The Bertz CT molecular complexity index is 1760. The molecule has 1 aliphatic rings. The number of benzene rings is 3. The fourth-order valence-corrected chi connectivity index (χ4v) is 4.94. The van der Waals surface area contributed by atoms with Crippen molar-refractivity contribution in [1.82, 2.24) is 0 Å². The number of rotatable bonds is 8. The molecule has 0 spiro atoms. The number of carbonyl (C=O) groups is 3. The summed E-state index contributed by atoms with van der Waals surface area (Å²) in [4.78, 5) is 39.0. The van der Waals surface area contributed by atoms with E-state index in [1.54, 1.807) is 6.92 Å². The number of esters is 1. The fraction of sp³-hybridized carbons (Fsp3) is 0.208. The van der Waals surface area contributed by atoms with E-state index in [9.17, 15) is 57.6 Å². The summed E-state index contributed by atoms with van der Waals surface area (Å²) < 4.78 is 141. The first kappa shape index (κ1) is 31.5. The molecule has 0 aliphatic carbocycles. The van der Waals surface area contributed by atoms with Gasteiger partial charge in [-0.15, -0.1) is 0 Å². The van der Waals surface area contributed by atoms with Gasteiger partial charge in [-0.1, -0.05) is 36.4 Å². The van der Waals surface area contributed by atoms with Gasteiger partial charge in [0.15, 0.2) is 11.5 Å². The number of hydrogen-bond donors (Lipinski definition) is 0. The molecule has 0 N–H and O–H groups in total. The van der Waals surface area contributed by atoms with Gasteiger partial charge in [-0.05, 0) is 24.6 Å². The monoisotopic (exact) mass is 655 g/mol. The van der Waals surface area contributed by atoms with Crippen LogP contribution < -0.4 is 13.3 Å². The van der Waals surface area contributed by atoms with Gasteiger partial charge in [0, 0.05) is 10.8 Å². The van der Waals surface area contributed by atoms with E-state index in [1.165, 1.54) is 12.1 Å². The van der Waals surface area contributed by atoms with E-state index in [0.717, 1.165) is 36.4 Å². The maximum atomic E-state index is 13.5. The van der Waals surface area contributed by atoms with Crippen LogP contribution in [0.15, 0.2) is 48.5 Å². The molecule has 230 valence electrons. The summed E-state index contributed by atoms with van der Waals surface area (Å²) in [5.41, 5.74) is -14.8. The lowest BCUT2D eigenvalue weighted by Crippen LogP contribution is -2.30. The van der Waals surface area contributed by atoms with Gasteiger partial charge in [-0.2, -0.15) is 43.2 Å². The molecule has 1 heterocycles. The Morgan fingerprint density at radius 2 is 1.16 bits per heavy atom. The van der Waals surface area contributed by atoms with Crippen LogP contribution in [0.2, 0.25) is 0 Å². The summed E-state index contributed by atoms with van der Waals surface area (Å²) in [5.74, 6) is -6.65. The van der Waals surface area contributed by atoms with Crippen LogP contribution in [0.5, 0.6) is 11.5 Å². The Balaban J connectivity index is 1.98. The van der Waals surface area contributed by atoms with Gasteiger partial charge < -0.3 is 13.1 Å². The minimum absolute atomic E-state index is 0.0727. The van der Waals surface area contributed by atoms with Gasteiger partial charge in [0.2, 0.25) is 0 Å². The molecule has 1 aliphatic heterocycles. The van der Waals surface area contributed by atoms with Gasteiger partial charge >= 0.3 is 37.2 Å². The quantitative estimate of drug-likeness (QED) is 0.114. The highest BCUT2D eigenvalue weighted by Gasteiger charge is 2.53. The summed E-state index contributed by atoms with van der Waals surface area (Å²) >= 11 is 0. The van der Waals surface area contributed by atoms with Gasteiger partial charge in [-0.3, -0.25) is 14.4 Å². The number of nitrogens with zero attached hydrogens (tertiary/aromatic N) is 1. The van der Waals surface area contributed by atoms with Crippen molar-refractivity contribution in [1.29, 1.82) is 0 Å². The summed E-state index contributed by atoms with van der Waals surface area (Å²) in [6.45, 7) is 1.63. The second-order valence-corrected chi connectivity index (χ2v) is 11.6. The van der Waals surface area contributed by atoms with Crippen LogP contribution in [-0.2, 0) is 36.2 Å². The van der Waals surface area contributed by atoms with Gasteiger partial charge in [0.05, 0.1) is 18.7 Å². The molecule has 19 heteroatoms. The number of fused-ring (bicyclic) bond motifs is 2. The third-order valence-corrected chi connectivity index (χ3v) is 7.66. The normalized spacial score (nSPS) is 14.2. The zero-order valence-electron chi connectivity index (χ0n) is 21.1. The zero-order valence-corrected chi connectivity index (χ0v) is 22.8. The molecule has 0 atom stereocenters. The van der Waals surface area contributed by atoms with Crippen molar-refractivity contribution in [3.63, 3.8) is 0 Å². The first-order chi connectivity index (χ1) is 19.8. The van der Waals surface area contributed by atoms with E-state index >= 15 is 0 Å². The molecule has 0 saturated heterocycles. The molecule has 0 saturated carbocycles. The zero-order chi connectivity index (χ0) is 32.1. The summed E-state index contributed by atoms with van der Waals surface area (Å²) in [7, 11) is -13.1. The molecular weight excluding hydrogens is 640 g/mol. The van der Waals surface area contributed by atoms with Crippen LogP contribution in [0.1, 0.15) is 33.2 Å². The number of anilines is 1. The molecule has 4 rings (SSSR count). The number of halogens is 6. The highest BCUT2D eigenvalue weighted by molar-refractivity contribution is 7.88. The van der Waals surface area contributed by atoms with Crippen molar-refractivity contribution < 1.29 is 70.7 Å². The van der Waals surface area contributed by atoms with E-state index in [-0.39, 0.29) is 23.6 Å². The van der Waals surface area contributed by atoms with Crippen molar-refractivity contribution in [3.8, 4) is 11.5 Å². The minimum Gasteiger partial charge on any atom is -0.466 e. The third-order valence-electron chi connectivity index (χ3n) is 5.76. The largest absolute Gasteiger partial charge is 0.534 e. The second kappa shape index (κ2) is 10.7. The lowest BCUT2D eigenvalue weighted by Gasteiger charge is -2.17. The maximum Gasteiger partial charge on any atom is 0.534 e. The molecule has 43 heavy (non-hydrogen) atoms. The molecule has 11 nitrogen and oxygen atoms in total. The summed E-state index contributed by atoms with van der Waals surface area (Å²) in [6, 6.07) is 8.33. The Labute approximate surface area is 237 Å². The molecule has 0 unspecified atom stereocenters. The predicted molar refractivity (Wildman–Crippen MR) is 133 cm³/mol. The summed E-state index contributed by atoms with van der Waals surface area (Å²) in [6.07, 6.45) is -0.248. The Morgan fingerprint density at radius 1 is 0.744 bits per heavy atom. The van der Waals surface area contributed by atoms with E-state index in [2.05, 4.69) is 8.37 Å². The van der Waals surface area contributed by atoms with Gasteiger partial charge in [0.1, 0.15) is 11.1 Å². The van der Waals surface area contributed by atoms with E-state index in [4.69, 9.17) is 4.74 Å². The van der Waals surface area contributed by atoms with Crippen molar-refractivity contribution in [2.75, 3.05) is 11.5 Å². The average molecular weight is 656 g/mol. The second-order valence-electron chi connectivity index (χ2n) is 8.51. The topological polar surface area (TPSA) is 150 Å². The van der Waals surface area contributed by atoms with Crippen molar-refractivity contribution >= 4 is 54.5 Å². The highest BCUT2D eigenvalue weighted by atomic mass is 32.2. The Hall–Kier alpha value is -4.39. The van der Waals surface area contributed by atoms with Crippen molar-refractivity contribution in [2.45, 2.75) is 24.4 Å². The molecule has 3 aromatic rings. The first-order valence-corrected chi connectivity index (χ1v) is 14.4. The lowest BCUT2D eigenvalue weighted by atomic mass is 9.99. The van der Waals surface area contributed by atoms with Crippen LogP contribution in [-0.4, -0.2) is 52.2 Å². The molecule has 0 fully saturated rings. The van der Waals surface area contributed by atoms with Gasteiger partial charge in [0.25, 0.3) is 11.8 Å². The minimum atomic E-state index is -6.54. The smallest absolute Gasteiger partial charge is 0.466 e. The molecule has 0 radical (unpaired) electrons. The molecule has 0 bridgehead atoms. The highest BCUT2D eigenvalue weighted by Crippen LogP contribution is 2.48. The van der Waals surface area contributed by atoms with Crippen LogP contribution in [0, 0.1) is 0 Å². The van der Waals surface area contributed by atoms with Crippen LogP contribution >= 0.6 is 0 Å². The molecule has 2 amide bonds. The molecular formula is C24H15F6NO10S2. The van der Waals surface area contributed by atoms with Crippen molar-refractivity contribution in [3.05, 3.63) is 65.2 Å². The maximum absolute atomic E-state index is 13.5. The predicted octanol–water partition coefficient (Wildman–Crippen LogP) is 4.20. The standard InChI is InChI=1S/C24H15F6NO10S2/c1-2-39-16(32)11-12-7-9-13(10-8-12)31-21(33)17-18(22(31)34)20(41-43(37,38)24(28,29)30)15-6-4-3-5-14(15)19(17)40-42(35,36)23(25,26)27/h3-10H,2,11H2,1H3. The summed E-state index contributed by atoms with van der Waals surface area (Å²) in [5, 5.41) is -1.62. The fourth-order valence-electron chi connectivity index (χ4n) is 3.96. The first-order valence-electron chi connectivity index (χ1n) is 11.5. The number of amides is 2. The van der Waals surface area contributed by atoms with Crippen LogP contribution in [0.3, 0.4) is 0 Å². The Kier molecular flexibility index (Phi) is 7.86. The number of hydrogen-bond acceptors (Lipinski definition) is 10. The molecule has 0 aromatic heterocycles. The number of imide groups is 1. The van der Waals surface area contributed by atoms with Crippen LogP contribution in [0.25, 0.3) is 10.8 Å². The Morgan fingerprint density at radius 3 is 1.53 bits per heavy atom. The van der Waals surface area contributed by atoms with Crippen molar-refractivity contribution in [2.24, 2.45) is 0 Å². The number of alkyl halides is 6. The van der Waals surface area contributed by atoms with E-state index in [1.807, 2.05) is 0 Å². The molecule has 3 aromatic carbocycles. The number of carbonyl (C=O) groups excluding carboxylic acids is 3. The SMILES string of the molecule is CCOC(=O)Cc1ccc(N2C(=O)c3c(c(OS(=O)(=O)C(F)(F)F)c4ccccc4c3OS(=O)(=O)C(F)(F)F)C2=O)cc1.